The Balaban J connectivity index is 2.44. The zero-order valence-corrected chi connectivity index (χ0v) is 10.5. The van der Waals surface area contributed by atoms with Crippen LogP contribution in [0.3, 0.4) is 0 Å². The normalized spacial score (nSPS) is 11.2. The van der Waals surface area contributed by atoms with Crippen LogP contribution < -0.4 is 5.32 Å². The van der Waals surface area contributed by atoms with Gasteiger partial charge in [0, 0.05) is 6.54 Å². The van der Waals surface area contributed by atoms with Crippen molar-refractivity contribution in [1.82, 2.24) is 15.3 Å². The Labute approximate surface area is 100 Å². The minimum Gasteiger partial charge on any atom is -0.351 e. The lowest BCUT2D eigenvalue weighted by molar-refractivity contribution is 0.0944. The molecule has 0 aliphatic carbocycles. The number of nitrogens with one attached hydrogen (secondary N) is 1. The zero-order chi connectivity index (χ0) is 12.2. The summed E-state index contributed by atoms with van der Waals surface area (Å²) in [5.74, 6) is -0.214. The monoisotopic (exact) mass is 241 g/mol. The first kappa shape index (κ1) is 12.9. The van der Waals surface area contributed by atoms with Crippen molar-refractivity contribution in [2.75, 3.05) is 6.54 Å². The molecule has 0 aromatic carbocycles. The molecule has 88 valence electrons. The Morgan fingerprint density at radius 2 is 2.06 bits per heavy atom. The van der Waals surface area contributed by atoms with Crippen molar-refractivity contribution in [3.05, 3.63) is 23.2 Å². The lowest BCUT2D eigenvalue weighted by atomic mass is 9.92. The SMILES string of the molecule is CC(C)(C)CCNC(=O)c1cnc(Cl)cn1. The van der Waals surface area contributed by atoms with Crippen LogP contribution in [0, 0.1) is 5.41 Å². The van der Waals surface area contributed by atoms with E-state index in [1.165, 1.54) is 12.4 Å². The van der Waals surface area contributed by atoms with Crippen molar-refractivity contribution in [2.24, 2.45) is 5.41 Å². The van der Waals surface area contributed by atoms with Crippen LogP contribution in [0.5, 0.6) is 0 Å². The smallest absolute Gasteiger partial charge is 0.271 e. The van der Waals surface area contributed by atoms with Gasteiger partial charge in [0.2, 0.25) is 0 Å². The fourth-order valence-electron chi connectivity index (χ4n) is 1.07. The average Bonchev–Trinajstić information content (AvgIpc) is 2.16. The zero-order valence-electron chi connectivity index (χ0n) is 9.75. The third-order valence-electron chi connectivity index (χ3n) is 2.01. The van der Waals surface area contributed by atoms with Crippen LogP contribution in [0.4, 0.5) is 0 Å². The molecular formula is C11H16ClN3O. The second-order valence-electron chi connectivity index (χ2n) is 4.79. The third-order valence-corrected chi connectivity index (χ3v) is 2.21. The van der Waals surface area contributed by atoms with Gasteiger partial charge in [-0.05, 0) is 11.8 Å². The summed E-state index contributed by atoms with van der Waals surface area (Å²) >= 11 is 5.58. The number of hydrogen-bond donors (Lipinski definition) is 1. The maximum absolute atomic E-state index is 11.6. The molecule has 0 radical (unpaired) electrons. The van der Waals surface area contributed by atoms with Gasteiger partial charge in [-0.3, -0.25) is 4.79 Å². The lowest BCUT2D eigenvalue weighted by Crippen LogP contribution is -2.28. The number of carbonyl (C=O) groups is 1. The Bertz CT molecular complexity index is 356. The molecule has 4 nitrogen and oxygen atoms in total. The predicted octanol–water partition coefficient (Wildman–Crippen LogP) is 2.30. The van der Waals surface area contributed by atoms with E-state index >= 15 is 0 Å². The Kier molecular flexibility index (Phi) is 4.24. The van der Waals surface area contributed by atoms with E-state index in [1.54, 1.807) is 0 Å². The standard InChI is InChI=1S/C11H16ClN3O/c1-11(2,3)4-5-13-10(16)8-6-15-9(12)7-14-8/h6-7H,4-5H2,1-3H3,(H,13,16). The highest BCUT2D eigenvalue weighted by molar-refractivity contribution is 6.29. The van der Waals surface area contributed by atoms with Crippen molar-refractivity contribution < 1.29 is 4.79 Å². The lowest BCUT2D eigenvalue weighted by Gasteiger charge is -2.17. The minimum absolute atomic E-state index is 0.207. The topological polar surface area (TPSA) is 54.9 Å². The van der Waals surface area contributed by atoms with Gasteiger partial charge >= 0.3 is 0 Å². The van der Waals surface area contributed by atoms with E-state index in [0.717, 1.165) is 6.42 Å². The summed E-state index contributed by atoms with van der Waals surface area (Å²) in [6.07, 6.45) is 3.65. The Morgan fingerprint density at radius 1 is 1.38 bits per heavy atom. The number of amides is 1. The molecule has 5 heteroatoms. The van der Waals surface area contributed by atoms with Gasteiger partial charge in [0.15, 0.2) is 0 Å². The number of aromatic nitrogens is 2. The first-order valence-electron chi connectivity index (χ1n) is 5.14. The van der Waals surface area contributed by atoms with E-state index in [0.29, 0.717) is 12.2 Å². The molecule has 1 amide bonds. The summed E-state index contributed by atoms with van der Waals surface area (Å²) in [6.45, 7) is 7.01. The van der Waals surface area contributed by atoms with Crippen LogP contribution in [0.1, 0.15) is 37.7 Å². The Morgan fingerprint density at radius 3 is 2.56 bits per heavy atom. The molecule has 0 saturated carbocycles. The number of carbonyl (C=O) groups excluding carboxylic acids is 1. The van der Waals surface area contributed by atoms with E-state index < -0.39 is 0 Å². The Hall–Kier alpha value is -1.16. The predicted molar refractivity (Wildman–Crippen MR) is 63.4 cm³/mol. The fourth-order valence-corrected chi connectivity index (χ4v) is 1.17. The second-order valence-corrected chi connectivity index (χ2v) is 5.18. The molecule has 0 unspecified atom stereocenters. The average molecular weight is 242 g/mol. The molecule has 0 spiro atoms. The van der Waals surface area contributed by atoms with Crippen molar-refractivity contribution in [1.29, 1.82) is 0 Å². The highest BCUT2D eigenvalue weighted by Gasteiger charge is 2.12. The quantitative estimate of drug-likeness (QED) is 0.884. The van der Waals surface area contributed by atoms with Crippen LogP contribution in [-0.2, 0) is 0 Å². The second kappa shape index (κ2) is 5.25. The van der Waals surface area contributed by atoms with E-state index in [1.807, 2.05) is 0 Å². The largest absolute Gasteiger partial charge is 0.351 e. The van der Waals surface area contributed by atoms with Crippen LogP contribution in [0.2, 0.25) is 5.15 Å². The van der Waals surface area contributed by atoms with Gasteiger partial charge in [-0.25, -0.2) is 9.97 Å². The molecule has 1 rings (SSSR count). The summed E-state index contributed by atoms with van der Waals surface area (Å²) in [6, 6.07) is 0. The van der Waals surface area contributed by atoms with Crippen LogP contribution in [0.25, 0.3) is 0 Å². The van der Waals surface area contributed by atoms with Crippen LogP contribution >= 0.6 is 11.6 Å². The molecular weight excluding hydrogens is 226 g/mol. The number of halogens is 1. The summed E-state index contributed by atoms with van der Waals surface area (Å²) in [7, 11) is 0. The molecule has 0 atom stereocenters. The molecule has 0 fully saturated rings. The molecule has 1 heterocycles. The van der Waals surface area contributed by atoms with E-state index in [-0.39, 0.29) is 16.5 Å². The van der Waals surface area contributed by atoms with Crippen molar-refractivity contribution in [3.63, 3.8) is 0 Å². The first-order chi connectivity index (χ1) is 7.38. The van der Waals surface area contributed by atoms with Gasteiger partial charge in [0.05, 0.1) is 12.4 Å². The molecule has 1 aromatic heterocycles. The minimum atomic E-state index is -0.214. The van der Waals surface area contributed by atoms with Gasteiger partial charge < -0.3 is 5.32 Å². The van der Waals surface area contributed by atoms with Crippen LogP contribution in [0.15, 0.2) is 12.4 Å². The molecule has 1 aromatic rings. The number of rotatable bonds is 3. The maximum atomic E-state index is 11.6. The fraction of sp³-hybridized carbons (Fsp3) is 0.545. The van der Waals surface area contributed by atoms with Gasteiger partial charge in [-0.1, -0.05) is 32.4 Å². The number of nitrogens with zero attached hydrogens (tertiary/aromatic N) is 2. The summed E-state index contributed by atoms with van der Waals surface area (Å²) in [4.78, 5) is 19.3. The van der Waals surface area contributed by atoms with Crippen molar-refractivity contribution >= 4 is 17.5 Å². The highest BCUT2D eigenvalue weighted by atomic mass is 35.5. The molecule has 0 saturated heterocycles. The molecule has 16 heavy (non-hydrogen) atoms. The van der Waals surface area contributed by atoms with Crippen molar-refractivity contribution in [2.45, 2.75) is 27.2 Å². The summed E-state index contributed by atoms with van der Waals surface area (Å²) in [5.41, 5.74) is 0.497. The third kappa shape index (κ3) is 4.57. The summed E-state index contributed by atoms with van der Waals surface area (Å²) in [5, 5.41) is 3.07. The van der Waals surface area contributed by atoms with Gasteiger partial charge in [0.25, 0.3) is 5.91 Å². The van der Waals surface area contributed by atoms with Gasteiger partial charge in [0.1, 0.15) is 10.8 Å². The highest BCUT2D eigenvalue weighted by Crippen LogP contribution is 2.16. The molecule has 1 N–H and O–H groups in total. The molecule has 0 aliphatic heterocycles. The maximum Gasteiger partial charge on any atom is 0.271 e. The summed E-state index contributed by atoms with van der Waals surface area (Å²) < 4.78 is 0. The van der Waals surface area contributed by atoms with Gasteiger partial charge in [-0.15, -0.1) is 0 Å². The van der Waals surface area contributed by atoms with E-state index in [9.17, 15) is 4.79 Å². The van der Waals surface area contributed by atoms with E-state index in [2.05, 4.69) is 36.1 Å². The first-order valence-corrected chi connectivity index (χ1v) is 5.52. The van der Waals surface area contributed by atoms with Gasteiger partial charge in [-0.2, -0.15) is 0 Å². The van der Waals surface area contributed by atoms with Crippen molar-refractivity contribution in [3.8, 4) is 0 Å². The molecule has 0 bridgehead atoms. The van der Waals surface area contributed by atoms with E-state index in [4.69, 9.17) is 11.6 Å². The molecule has 0 aliphatic rings. The van der Waals surface area contributed by atoms with Crippen LogP contribution in [-0.4, -0.2) is 22.4 Å². The number of hydrogen-bond acceptors (Lipinski definition) is 3.